The van der Waals surface area contributed by atoms with E-state index in [-0.39, 0.29) is 0 Å². The van der Waals surface area contributed by atoms with Gasteiger partial charge in [-0.3, -0.25) is 0 Å². The third kappa shape index (κ3) is 3.02. The molecule has 2 nitrogen and oxygen atoms in total. The fourth-order valence-corrected chi connectivity index (χ4v) is 2.77. The first kappa shape index (κ1) is 12.9. The van der Waals surface area contributed by atoms with E-state index in [0.717, 1.165) is 0 Å². The van der Waals surface area contributed by atoms with E-state index >= 15 is 0 Å². The summed E-state index contributed by atoms with van der Waals surface area (Å²) in [6, 6.07) is 7.64. The Kier molecular flexibility index (Phi) is 4.10. The van der Waals surface area contributed by atoms with Crippen LogP contribution in [0.3, 0.4) is 0 Å². The zero-order valence-electron chi connectivity index (χ0n) is 10.8. The molecular weight excluding hydrogens is 276 g/mol. The number of rotatable bonds is 2. The molecule has 2 atom stereocenters. The van der Waals surface area contributed by atoms with Crippen molar-refractivity contribution in [3.8, 4) is 0 Å². The second kappa shape index (κ2) is 5.40. The Morgan fingerprint density at radius 3 is 2.88 bits per heavy atom. The van der Waals surface area contributed by atoms with Crippen LogP contribution < -0.4 is 5.32 Å². The molecule has 0 saturated carbocycles. The van der Waals surface area contributed by atoms with Gasteiger partial charge < -0.3 is 10.2 Å². The van der Waals surface area contributed by atoms with Gasteiger partial charge in [-0.05, 0) is 51.4 Å². The van der Waals surface area contributed by atoms with Gasteiger partial charge in [0.1, 0.15) is 0 Å². The standard InChI is InChI=1S/C14H21BrN2/c1-10-9-12(7-8-17(10)3)16-14-6-4-5-13(15)11(14)2/h4-6,10,12,16H,7-9H2,1-3H3. The molecule has 0 amide bonds. The van der Waals surface area contributed by atoms with Crippen LogP contribution in [0, 0.1) is 6.92 Å². The highest BCUT2D eigenvalue weighted by molar-refractivity contribution is 9.10. The van der Waals surface area contributed by atoms with E-state index in [9.17, 15) is 0 Å². The molecule has 0 aromatic heterocycles. The first-order valence-corrected chi connectivity index (χ1v) is 7.09. The van der Waals surface area contributed by atoms with Crippen LogP contribution in [0.1, 0.15) is 25.3 Å². The number of halogens is 1. The zero-order valence-corrected chi connectivity index (χ0v) is 12.4. The lowest BCUT2D eigenvalue weighted by Crippen LogP contribution is -2.42. The van der Waals surface area contributed by atoms with Crippen LogP contribution >= 0.6 is 15.9 Å². The molecule has 2 unspecified atom stereocenters. The predicted molar refractivity (Wildman–Crippen MR) is 77.6 cm³/mol. The largest absolute Gasteiger partial charge is 0.382 e. The van der Waals surface area contributed by atoms with Crippen LogP contribution in [0.15, 0.2) is 22.7 Å². The average Bonchev–Trinajstić information content (AvgIpc) is 2.30. The average molecular weight is 297 g/mol. The smallest absolute Gasteiger partial charge is 0.0383 e. The van der Waals surface area contributed by atoms with Crippen molar-refractivity contribution < 1.29 is 0 Å². The van der Waals surface area contributed by atoms with Gasteiger partial charge in [-0.25, -0.2) is 0 Å². The summed E-state index contributed by atoms with van der Waals surface area (Å²) in [5.41, 5.74) is 2.57. The van der Waals surface area contributed by atoms with Crippen LogP contribution in [-0.4, -0.2) is 30.6 Å². The molecule has 3 heteroatoms. The van der Waals surface area contributed by atoms with E-state index in [1.807, 2.05) is 0 Å². The molecule has 1 N–H and O–H groups in total. The van der Waals surface area contributed by atoms with Gasteiger partial charge in [-0.1, -0.05) is 22.0 Å². The summed E-state index contributed by atoms with van der Waals surface area (Å²) in [5.74, 6) is 0. The monoisotopic (exact) mass is 296 g/mol. The van der Waals surface area contributed by atoms with Crippen molar-refractivity contribution >= 4 is 21.6 Å². The van der Waals surface area contributed by atoms with Crippen molar-refractivity contribution in [1.82, 2.24) is 4.90 Å². The van der Waals surface area contributed by atoms with Crippen LogP contribution in [0.2, 0.25) is 0 Å². The van der Waals surface area contributed by atoms with Crippen molar-refractivity contribution in [3.63, 3.8) is 0 Å². The SMILES string of the molecule is Cc1c(Br)cccc1NC1CCN(C)C(C)C1. The maximum atomic E-state index is 3.68. The molecule has 1 aromatic carbocycles. The van der Waals surface area contributed by atoms with E-state index < -0.39 is 0 Å². The topological polar surface area (TPSA) is 15.3 Å². The maximum absolute atomic E-state index is 3.68. The van der Waals surface area contributed by atoms with Crippen molar-refractivity contribution in [1.29, 1.82) is 0 Å². The second-order valence-electron chi connectivity index (χ2n) is 5.11. The maximum Gasteiger partial charge on any atom is 0.0383 e. The van der Waals surface area contributed by atoms with Crippen molar-refractivity contribution in [3.05, 3.63) is 28.2 Å². The summed E-state index contributed by atoms with van der Waals surface area (Å²) in [6.07, 6.45) is 2.45. The van der Waals surface area contributed by atoms with Gasteiger partial charge in [0.05, 0.1) is 0 Å². The first-order chi connectivity index (χ1) is 8.08. The molecule has 1 saturated heterocycles. The summed E-state index contributed by atoms with van der Waals surface area (Å²) < 4.78 is 1.18. The summed E-state index contributed by atoms with van der Waals surface area (Å²) in [7, 11) is 2.21. The third-order valence-corrected chi connectivity index (χ3v) is 4.69. The first-order valence-electron chi connectivity index (χ1n) is 6.30. The lowest BCUT2D eigenvalue weighted by Gasteiger charge is -2.36. The van der Waals surface area contributed by atoms with E-state index in [2.05, 4.69) is 65.2 Å². The van der Waals surface area contributed by atoms with Crippen LogP contribution in [-0.2, 0) is 0 Å². The van der Waals surface area contributed by atoms with Crippen molar-refractivity contribution in [2.24, 2.45) is 0 Å². The Labute approximate surface area is 113 Å². The molecule has 1 heterocycles. The number of hydrogen-bond donors (Lipinski definition) is 1. The Balaban J connectivity index is 2.04. The number of piperidine rings is 1. The fourth-order valence-electron chi connectivity index (χ4n) is 2.40. The molecule has 2 rings (SSSR count). The molecule has 1 aliphatic rings. The second-order valence-corrected chi connectivity index (χ2v) is 5.96. The van der Waals surface area contributed by atoms with Crippen molar-refractivity contribution in [2.45, 2.75) is 38.8 Å². The van der Waals surface area contributed by atoms with Gasteiger partial charge >= 0.3 is 0 Å². The predicted octanol–water partition coefficient (Wildman–Crippen LogP) is 3.65. The quantitative estimate of drug-likeness (QED) is 0.896. The van der Waals surface area contributed by atoms with E-state index in [1.54, 1.807) is 0 Å². The minimum atomic E-state index is 0.606. The number of benzene rings is 1. The van der Waals surface area contributed by atoms with Gasteiger partial charge in [-0.2, -0.15) is 0 Å². The number of anilines is 1. The van der Waals surface area contributed by atoms with Crippen molar-refractivity contribution in [2.75, 3.05) is 18.9 Å². The lowest BCUT2D eigenvalue weighted by atomic mass is 9.98. The zero-order chi connectivity index (χ0) is 12.4. The molecular formula is C14H21BrN2. The molecule has 1 fully saturated rings. The van der Waals surface area contributed by atoms with E-state index in [1.165, 1.54) is 35.1 Å². The van der Waals surface area contributed by atoms with Crippen LogP contribution in [0.5, 0.6) is 0 Å². The number of likely N-dealkylation sites (tertiary alicyclic amines) is 1. The van der Waals surface area contributed by atoms with Gasteiger partial charge in [0.15, 0.2) is 0 Å². The summed E-state index contributed by atoms with van der Waals surface area (Å²) in [5, 5.41) is 3.68. The summed E-state index contributed by atoms with van der Waals surface area (Å²) in [4.78, 5) is 2.44. The lowest BCUT2D eigenvalue weighted by molar-refractivity contribution is 0.190. The van der Waals surface area contributed by atoms with E-state index in [4.69, 9.17) is 0 Å². The van der Waals surface area contributed by atoms with E-state index in [0.29, 0.717) is 12.1 Å². The minimum Gasteiger partial charge on any atom is -0.382 e. The highest BCUT2D eigenvalue weighted by Gasteiger charge is 2.22. The fraction of sp³-hybridized carbons (Fsp3) is 0.571. The Morgan fingerprint density at radius 2 is 2.18 bits per heavy atom. The summed E-state index contributed by atoms with van der Waals surface area (Å²) >= 11 is 3.58. The Hall–Kier alpha value is -0.540. The van der Waals surface area contributed by atoms with Gasteiger partial charge in [0.25, 0.3) is 0 Å². The molecule has 94 valence electrons. The number of hydrogen-bond acceptors (Lipinski definition) is 2. The number of nitrogens with one attached hydrogen (secondary N) is 1. The molecule has 0 bridgehead atoms. The van der Waals surface area contributed by atoms with Gasteiger partial charge in [0, 0.05) is 28.8 Å². The highest BCUT2D eigenvalue weighted by Crippen LogP contribution is 2.26. The molecule has 0 spiro atoms. The normalized spacial score (nSPS) is 25.9. The summed E-state index contributed by atoms with van der Waals surface area (Å²) in [6.45, 7) is 5.65. The van der Waals surface area contributed by atoms with Crippen LogP contribution in [0.4, 0.5) is 5.69 Å². The third-order valence-electron chi connectivity index (χ3n) is 3.84. The van der Waals surface area contributed by atoms with Gasteiger partial charge in [0.2, 0.25) is 0 Å². The van der Waals surface area contributed by atoms with Crippen LogP contribution in [0.25, 0.3) is 0 Å². The molecule has 1 aliphatic heterocycles. The molecule has 17 heavy (non-hydrogen) atoms. The molecule has 0 aliphatic carbocycles. The molecule has 1 aromatic rings. The van der Waals surface area contributed by atoms with Gasteiger partial charge in [-0.15, -0.1) is 0 Å². The highest BCUT2D eigenvalue weighted by atomic mass is 79.9. The number of nitrogens with zero attached hydrogens (tertiary/aromatic N) is 1. The Bertz CT molecular complexity index is 392. The Morgan fingerprint density at radius 1 is 1.41 bits per heavy atom. The molecule has 0 radical (unpaired) electrons. The minimum absolute atomic E-state index is 0.606.